The molecule has 3 heterocycles. The molecule has 4 rings (SSSR count). The number of carbonyl (C=O) groups excluding carboxylic acids is 1. The summed E-state index contributed by atoms with van der Waals surface area (Å²) in [6.07, 6.45) is 3.48. The fourth-order valence-corrected chi connectivity index (χ4v) is 3.22. The Bertz CT molecular complexity index is 1060. The minimum atomic E-state index is -0.134. The van der Waals surface area contributed by atoms with Gasteiger partial charge in [-0.05, 0) is 30.3 Å². The van der Waals surface area contributed by atoms with Gasteiger partial charge in [-0.15, -0.1) is 11.3 Å². The van der Waals surface area contributed by atoms with Crippen molar-refractivity contribution in [3.05, 3.63) is 58.8 Å². The second-order valence-corrected chi connectivity index (χ2v) is 6.82. The first kappa shape index (κ1) is 16.5. The maximum atomic E-state index is 12.2. The van der Waals surface area contributed by atoms with Gasteiger partial charge in [0.05, 0.1) is 28.9 Å². The Kier molecular flexibility index (Phi) is 4.51. The third-order valence-corrected chi connectivity index (χ3v) is 4.61. The average Bonchev–Trinajstić information content (AvgIpc) is 3.25. The van der Waals surface area contributed by atoms with E-state index in [4.69, 9.17) is 11.6 Å². The topological polar surface area (TPSA) is 95.6 Å². The van der Waals surface area contributed by atoms with E-state index in [0.717, 1.165) is 10.9 Å². The van der Waals surface area contributed by atoms with E-state index in [0.29, 0.717) is 27.4 Å². The van der Waals surface area contributed by atoms with Crippen molar-refractivity contribution in [1.29, 1.82) is 0 Å². The Morgan fingerprint density at radius 1 is 1.23 bits per heavy atom. The fraction of sp³-hybridized carbons (Fsp3) is 0.0588. The molecule has 0 radical (unpaired) electrons. The second kappa shape index (κ2) is 7.11. The predicted molar refractivity (Wildman–Crippen MR) is 103 cm³/mol. The lowest BCUT2D eigenvalue weighted by atomic mass is 10.2. The van der Waals surface area contributed by atoms with Crippen LogP contribution in [0, 0.1) is 0 Å². The van der Waals surface area contributed by atoms with Crippen molar-refractivity contribution >= 4 is 56.4 Å². The van der Waals surface area contributed by atoms with Crippen LogP contribution in [0.4, 0.5) is 16.6 Å². The van der Waals surface area contributed by atoms with E-state index in [-0.39, 0.29) is 12.3 Å². The first-order chi connectivity index (χ1) is 12.7. The molecule has 4 aromatic rings. The molecule has 0 aliphatic rings. The number of pyridine rings is 1. The number of rotatable bonds is 5. The maximum absolute atomic E-state index is 12.2. The molecular formula is C17H13ClN6OS. The highest BCUT2D eigenvalue weighted by Gasteiger charge is 2.09. The van der Waals surface area contributed by atoms with Gasteiger partial charge < -0.3 is 10.6 Å². The molecule has 3 N–H and O–H groups in total. The number of hydrogen-bond acceptors (Lipinski definition) is 6. The summed E-state index contributed by atoms with van der Waals surface area (Å²) in [5.41, 5.74) is 2.27. The standard InChI is InChI=1S/C17H13ClN6OS/c18-11-2-4-15(19-8-11)23-17-22-13(9-26-17)6-16(25)21-12-3-1-10-7-20-24-14(10)5-12/h1-5,7-9H,6H2,(H,20,24)(H,21,25)(H,19,22,23). The number of thiazole rings is 1. The zero-order valence-corrected chi connectivity index (χ0v) is 14.9. The van der Waals surface area contributed by atoms with Crippen LogP contribution in [0.25, 0.3) is 10.9 Å². The number of anilines is 3. The van der Waals surface area contributed by atoms with Gasteiger partial charge >= 0.3 is 0 Å². The van der Waals surface area contributed by atoms with Crippen molar-refractivity contribution in [2.24, 2.45) is 0 Å². The molecule has 0 aliphatic heterocycles. The zero-order chi connectivity index (χ0) is 17.9. The van der Waals surface area contributed by atoms with Gasteiger partial charge in [-0.1, -0.05) is 11.6 Å². The highest BCUT2D eigenvalue weighted by molar-refractivity contribution is 7.13. The molecule has 1 aromatic carbocycles. The molecule has 0 unspecified atom stereocenters. The van der Waals surface area contributed by atoms with Crippen molar-refractivity contribution in [2.75, 3.05) is 10.6 Å². The zero-order valence-electron chi connectivity index (χ0n) is 13.4. The largest absolute Gasteiger partial charge is 0.326 e. The van der Waals surface area contributed by atoms with Gasteiger partial charge in [0.25, 0.3) is 0 Å². The lowest BCUT2D eigenvalue weighted by Crippen LogP contribution is -2.14. The molecule has 0 fully saturated rings. The van der Waals surface area contributed by atoms with E-state index in [1.807, 2.05) is 23.6 Å². The van der Waals surface area contributed by atoms with Crippen molar-refractivity contribution < 1.29 is 4.79 Å². The number of benzene rings is 1. The summed E-state index contributed by atoms with van der Waals surface area (Å²) in [7, 11) is 0. The van der Waals surface area contributed by atoms with E-state index in [1.54, 1.807) is 24.5 Å². The molecule has 0 aliphatic carbocycles. The normalized spacial score (nSPS) is 10.8. The number of nitrogens with zero attached hydrogens (tertiary/aromatic N) is 3. The number of fused-ring (bicyclic) bond motifs is 1. The molecule has 0 spiro atoms. The molecule has 3 aromatic heterocycles. The first-order valence-corrected chi connectivity index (χ1v) is 8.97. The Hall–Kier alpha value is -2.97. The number of carbonyl (C=O) groups is 1. The maximum Gasteiger partial charge on any atom is 0.230 e. The Balaban J connectivity index is 1.38. The fourth-order valence-electron chi connectivity index (χ4n) is 2.39. The van der Waals surface area contributed by atoms with Crippen molar-refractivity contribution in [3.63, 3.8) is 0 Å². The van der Waals surface area contributed by atoms with Gasteiger partial charge in [0.15, 0.2) is 5.13 Å². The Morgan fingerprint density at radius 2 is 2.15 bits per heavy atom. The number of H-pyrrole nitrogens is 1. The quantitative estimate of drug-likeness (QED) is 0.483. The van der Waals surface area contributed by atoms with Crippen molar-refractivity contribution in [1.82, 2.24) is 20.2 Å². The van der Waals surface area contributed by atoms with Crippen LogP contribution in [0.5, 0.6) is 0 Å². The molecular weight excluding hydrogens is 372 g/mol. The van der Waals surface area contributed by atoms with Gasteiger partial charge in [0.1, 0.15) is 5.82 Å². The van der Waals surface area contributed by atoms with Gasteiger partial charge in [-0.3, -0.25) is 9.89 Å². The Labute approximate surface area is 157 Å². The van der Waals surface area contributed by atoms with Crippen LogP contribution in [0.1, 0.15) is 5.69 Å². The lowest BCUT2D eigenvalue weighted by Gasteiger charge is -2.04. The molecule has 7 nitrogen and oxygen atoms in total. The molecule has 26 heavy (non-hydrogen) atoms. The summed E-state index contributed by atoms with van der Waals surface area (Å²) >= 11 is 7.23. The molecule has 1 amide bonds. The summed E-state index contributed by atoms with van der Waals surface area (Å²) < 4.78 is 0. The average molecular weight is 385 g/mol. The highest BCUT2D eigenvalue weighted by Crippen LogP contribution is 2.21. The minimum Gasteiger partial charge on any atom is -0.326 e. The second-order valence-electron chi connectivity index (χ2n) is 5.53. The number of aromatic nitrogens is 4. The van der Waals surface area contributed by atoms with Crippen LogP contribution in [-0.2, 0) is 11.2 Å². The SMILES string of the molecule is O=C(Cc1csc(Nc2ccc(Cl)cn2)n1)Nc1ccc2cn[nH]c2c1. The molecule has 130 valence electrons. The molecule has 0 saturated carbocycles. The van der Waals surface area contributed by atoms with E-state index >= 15 is 0 Å². The summed E-state index contributed by atoms with van der Waals surface area (Å²) in [6, 6.07) is 9.10. The predicted octanol–water partition coefficient (Wildman–Crippen LogP) is 3.99. The first-order valence-electron chi connectivity index (χ1n) is 7.72. The van der Waals surface area contributed by atoms with Crippen LogP contribution in [0.3, 0.4) is 0 Å². The van der Waals surface area contributed by atoms with Gasteiger partial charge in [-0.2, -0.15) is 5.10 Å². The van der Waals surface area contributed by atoms with E-state index in [9.17, 15) is 4.79 Å². The van der Waals surface area contributed by atoms with E-state index < -0.39 is 0 Å². The lowest BCUT2D eigenvalue weighted by molar-refractivity contribution is -0.115. The van der Waals surface area contributed by atoms with Crippen molar-refractivity contribution in [3.8, 4) is 0 Å². The minimum absolute atomic E-state index is 0.134. The molecule has 0 saturated heterocycles. The number of amides is 1. The van der Waals surface area contributed by atoms with Gasteiger partial charge in [-0.25, -0.2) is 9.97 Å². The number of nitrogens with one attached hydrogen (secondary N) is 3. The van der Waals surface area contributed by atoms with Crippen LogP contribution in [0.15, 0.2) is 48.1 Å². The van der Waals surface area contributed by atoms with Crippen LogP contribution in [0.2, 0.25) is 5.02 Å². The summed E-state index contributed by atoms with van der Waals surface area (Å²) in [5.74, 6) is 0.512. The van der Waals surface area contributed by atoms with E-state index in [2.05, 4.69) is 30.8 Å². The third-order valence-electron chi connectivity index (χ3n) is 3.58. The molecule has 9 heteroatoms. The van der Waals surface area contributed by atoms with Gasteiger partial charge in [0, 0.05) is 22.7 Å². The summed E-state index contributed by atoms with van der Waals surface area (Å²) in [6.45, 7) is 0. The number of halogens is 1. The van der Waals surface area contributed by atoms with Crippen LogP contribution < -0.4 is 10.6 Å². The smallest absolute Gasteiger partial charge is 0.230 e. The monoisotopic (exact) mass is 384 g/mol. The molecule has 0 bridgehead atoms. The van der Waals surface area contributed by atoms with Crippen molar-refractivity contribution in [2.45, 2.75) is 6.42 Å². The third kappa shape index (κ3) is 3.81. The van der Waals surface area contributed by atoms with E-state index in [1.165, 1.54) is 11.3 Å². The Morgan fingerprint density at radius 3 is 3.00 bits per heavy atom. The summed E-state index contributed by atoms with van der Waals surface area (Å²) in [5, 5.41) is 16.9. The van der Waals surface area contributed by atoms with Gasteiger partial charge in [0.2, 0.25) is 5.91 Å². The van der Waals surface area contributed by atoms with Crippen LogP contribution in [-0.4, -0.2) is 26.1 Å². The van der Waals surface area contributed by atoms with Crippen LogP contribution >= 0.6 is 22.9 Å². The molecule has 0 atom stereocenters. The highest BCUT2D eigenvalue weighted by atomic mass is 35.5. The number of hydrogen-bond donors (Lipinski definition) is 3. The number of aromatic amines is 1. The summed E-state index contributed by atoms with van der Waals surface area (Å²) in [4.78, 5) is 20.8.